The second kappa shape index (κ2) is 5.85. The van der Waals surface area contributed by atoms with Gasteiger partial charge in [-0.15, -0.1) is 0 Å². The third kappa shape index (κ3) is 2.63. The van der Waals surface area contributed by atoms with E-state index in [2.05, 4.69) is 10.3 Å². The third-order valence-corrected chi connectivity index (χ3v) is 3.32. The molecule has 114 valence electrons. The van der Waals surface area contributed by atoms with Gasteiger partial charge in [0.15, 0.2) is 11.5 Å². The Morgan fingerprint density at radius 1 is 1.09 bits per heavy atom. The van der Waals surface area contributed by atoms with Crippen LogP contribution in [0.3, 0.4) is 0 Å². The highest BCUT2D eigenvalue weighted by Gasteiger charge is 2.20. The van der Waals surface area contributed by atoms with E-state index >= 15 is 0 Å². The predicted octanol–water partition coefficient (Wildman–Crippen LogP) is 2.49. The van der Waals surface area contributed by atoms with Crippen LogP contribution < -0.4 is 25.3 Å². The summed E-state index contributed by atoms with van der Waals surface area (Å²) in [6.45, 7) is 0.431. The zero-order valence-corrected chi connectivity index (χ0v) is 12.4. The lowest BCUT2D eigenvalue weighted by Gasteiger charge is -2.20. The first-order valence-corrected chi connectivity index (χ1v) is 6.79. The van der Waals surface area contributed by atoms with E-state index < -0.39 is 0 Å². The minimum Gasteiger partial charge on any atom is -0.493 e. The Kier molecular flexibility index (Phi) is 3.74. The average Bonchev–Trinajstić information content (AvgIpc) is 2.54. The van der Waals surface area contributed by atoms with Crippen LogP contribution in [0.2, 0.25) is 0 Å². The topological polar surface area (TPSA) is 78.1 Å². The maximum atomic E-state index is 5.87. The van der Waals surface area contributed by atoms with Gasteiger partial charge in [-0.05, 0) is 18.2 Å². The summed E-state index contributed by atoms with van der Waals surface area (Å²) in [7, 11) is 3.20. The highest BCUT2D eigenvalue weighted by molar-refractivity contribution is 6.03. The van der Waals surface area contributed by atoms with Gasteiger partial charge in [0.05, 0.1) is 25.5 Å². The average molecular weight is 299 g/mol. The van der Waals surface area contributed by atoms with Crippen molar-refractivity contribution in [2.75, 3.05) is 31.9 Å². The number of nitrogen functional groups attached to an aromatic ring is 1. The Morgan fingerprint density at radius 3 is 2.59 bits per heavy atom. The number of hydrogen-bond donors (Lipinski definition) is 2. The number of nitrogens with one attached hydrogen (secondary N) is 1. The van der Waals surface area contributed by atoms with E-state index in [1.54, 1.807) is 26.4 Å². The van der Waals surface area contributed by atoms with Crippen LogP contribution >= 0.6 is 0 Å². The molecule has 3 rings (SSSR count). The van der Waals surface area contributed by atoms with E-state index in [0.717, 1.165) is 11.3 Å². The van der Waals surface area contributed by atoms with Gasteiger partial charge in [-0.1, -0.05) is 6.07 Å². The number of methoxy groups -OCH3 is 2. The molecule has 1 heterocycles. The molecule has 0 aliphatic carbocycles. The molecule has 0 bridgehead atoms. The fourth-order valence-electron chi connectivity index (χ4n) is 2.26. The smallest absolute Gasteiger partial charge is 0.226 e. The molecule has 0 saturated heterocycles. The van der Waals surface area contributed by atoms with Gasteiger partial charge < -0.3 is 25.3 Å². The molecule has 6 nitrogen and oxygen atoms in total. The van der Waals surface area contributed by atoms with Crippen LogP contribution in [-0.2, 0) is 0 Å². The lowest BCUT2D eigenvalue weighted by atomic mass is 10.1. The van der Waals surface area contributed by atoms with Gasteiger partial charge >= 0.3 is 0 Å². The Hall–Kier alpha value is -2.89. The van der Waals surface area contributed by atoms with Crippen LogP contribution in [0.1, 0.15) is 5.56 Å². The van der Waals surface area contributed by atoms with Crippen LogP contribution in [-0.4, -0.2) is 26.8 Å². The molecular weight excluding hydrogens is 282 g/mol. The summed E-state index contributed by atoms with van der Waals surface area (Å²) in [5.41, 5.74) is 8.10. The maximum absolute atomic E-state index is 5.87. The molecule has 0 saturated carbocycles. The molecule has 2 aromatic rings. The van der Waals surface area contributed by atoms with Crippen LogP contribution in [0.4, 0.5) is 11.4 Å². The van der Waals surface area contributed by atoms with Gasteiger partial charge in [0.25, 0.3) is 0 Å². The van der Waals surface area contributed by atoms with Crippen LogP contribution in [0, 0.1) is 0 Å². The number of aliphatic imine (C=N–C) groups is 1. The molecule has 0 spiro atoms. The van der Waals surface area contributed by atoms with Crippen molar-refractivity contribution >= 4 is 17.3 Å². The summed E-state index contributed by atoms with van der Waals surface area (Å²) in [5.74, 6) is 2.43. The van der Waals surface area contributed by atoms with Crippen molar-refractivity contribution in [1.82, 2.24) is 0 Å². The monoisotopic (exact) mass is 299 g/mol. The first-order valence-electron chi connectivity index (χ1n) is 6.79. The SMILES string of the molecule is COc1cc2c(cc1OC)C(Oc1cccc(N)c1)=NCN2. The van der Waals surface area contributed by atoms with Crippen molar-refractivity contribution in [1.29, 1.82) is 0 Å². The molecule has 0 atom stereocenters. The van der Waals surface area contributed by atoms with Gasteiger partial charge in [-0.25, -0.2) is 4.99 Å². The second-order valence-electron chi connectivity index (χ2n) is 4.73. The van der Waals surface area contributed by atoms with Crippen molar-refractivity contribution in [3.05, 3.63) is 42.0 Å². The molecule has 0 fully saturated rings. The van der Waals surface area contributed by atoms with Crippen molar-refractivity contribution in [2.45, 2.75) is 0 Å². The number of nitrogens with two attached hydrogens (primary N) is 1. The Labute approximate surface area is 128 Å². The molecular formula is C16H17N3O3. The van der Waals surface area contributed by atoms with E-state index in [4.69, 9.17) is 19.9 Å². The summed E-state index contributed by atoms with van der Waals surface area (Å²) >= 11 is 0. The summed E-state index contributed by atoms with van der Waals surface area (Å²) in [6.07, 6.45) is 0. The van der Waals surface area contributed by atoms with E-state index in [-0.39, 0.29) is 0 Å². The number of nitrogens with zero attached hydrogens (tertiary/aromatic N) is 1. The van der Waals surface area contributed by atoms with Crippen molar-refractivity contribution in [3.8, 4) is 17.2 Å². The fourth-order valence-corrected chi connectivity index (χ4v) is 2.26. The minimum absolute atomic E-state index is 0.431. The van der Waals surface area contributed by atoms with Gasteiger partial charge in [0, 0.05) is 17.8 Å². The zero-order valence-electron chi connectivity index (χ0n) is 12.4. The molecule has 0 amide bonds. The predicted molar refractivity (Wildman–Crippen MR) is 86.1 cm³/mol. The molecule has 6 heteroatoms. The van der Waals surface area contributed by atoms with Crippen molar-refractivity contribution in [2.24, 2.45) is 4.99 Å². The number of anilines is 2. The Morgan fingerprint density at radius 2 is 1.86 bits per heavy atom. The lowest BCUT2D eigenvalue weighted by Crippen LogP contribution is -2.20. The van der Waals surface area contributed by atoms with Gasteiger partial charge in [0.1, 0.15) is 12.4 Å². The molecule has 0 radical (unpaired) electrons. The number of ether oxygens (including phenoxy) is 3. The molecule has 22 heavy (non-hydrogen) atoms. The van der Waals surface area contributed by atoms with Crippen LogP contribution in [0.25, 0.3) is 0 Å². The van der Waals surface area contributed by atoms with Gasteiger partial charge in [0.2, 0.25) is 5.90 Å². The van der Waals surface area contributed by atoms with E-state index in [0.29, 0.717) is 35.5 Å². The molecule has 3 N–H and O–H groups in total. The first kappa shape index (κ1) is 14.1. The summed E-state index contributed by atoms with van der Waals surface area (Å²) in [6, 6.07) is 10.9. The molecule has 2 aromatic carbocycles. The van der Waals surface area contributed by atoms with E-state index in [9.17, 15) is 0 Å². The van der Waals surface area contributed by atoms with Crippen molar-refractivity contribution < 1.29 is 14.2 Å². The summed E-state index contributed by atoms with van der Waals surface area (Å²) in [5, 5.41) is 3.19. The number of hydrogen-bond acceptors (Lipinski definition) is 6. The van der Waals surface area contributed by atoms with Gasteiger partial charge in [-0.2, -0.15) is 0 Å². The van der Waals surface area contributed by atoms with E-state index in [1.165, 1.54) is 0 Å². The zero-order chi connectivity index (χ0) is 15.5. The standard InChI is InChI=1S/C16H17N3O3/c1-20-14-7-12-13(8-15(14)21-2)18-9-19-16(12)22-11-5-3-4-10(17)6-11/h3-8,18H,9,17H2,1-2H3. The van der Waals surface area contributed by atoms with Gasteiger partial charge in [-0.3, -0.25) is 0 Å². The van der Waals surface area contributed by atoms with E-state index in [1.807, 2.05) is 24.3 Å². The highest BCUT2D eigenvalue weighted by atomic mass is 16.5. The summed E-state index contributed by atoms with van der Waals surface area (Å²) in [4.78, 5) is 4.37. The summed E-state index contributed by atoms with van der Waals surface area (Å²) < 4.78 is 16.5. The maximum Gasteiger partial charge on any atom is 0.226 e. The molecule has 0 unspecified atom stereocenters. The van der Waals surface area contributed by atoms with Crippen LogP contribution in [0.15, 0.2) is 41.4 Å². The Balaban J connectivity index is 1.97. The number of benzene rings is 2. The third-order valence-electron chi connectivity index (χ3n) is 3.32. The highest BCUT2D eigenvalue weighted by Crippen LogP contribution is 2.35. The number of rotatable bonds is 3. The normalized spacial score (nSPS) is 12.7. The second-order valence-corrected chi connectivity index (χ2v) is 4.73. The largest absolute Gasteiger partial charge is 0.493 e. The Bertz CT molecular complexity index is 729. The lowest BCUT2D eigenvalue weighted by molar-refractivity contribution is 0.355. The quantitative estimate of drug-likeness (QED) is 0.851. The molecule has 1 aliphatic heterocycles. The molecule has 1 aliphatic rings. The van der Waals surface area contributed by atoms with Crippen LogP contribution in [0.5, 0.6) is 17.2 Å². The first-order chi connectivity index (χ1) is 10.7. The number of fused-ring (bicyclic) bond motifs is 1. The fraction of sp³-hybridized carbons (Fsp3) is 0.188. The van der Waals surface area contributed by atoms with Crippen molar-refractivity contribution in [3.63, 3.8) is 0 Å². The molecule has 0 aromatic heterocycles. The minimum atomic E-state index is 0.431.